The number of anilines is 2. The van der Waals surface area contributed by atoms with Gasteiger partial charge in [-0.1, -0.05) is 6.92 Å². The Hall–Kier alpha value is -2.00. The van der Waals surface area contributed by atoms with Crippen LogP contribution in [0.3, 0.4) is 0 Å². The van der Waals surface area contributed by atoms with Gasteiger partial charge in [0, 0.05) is 17.3 Å². The molecule has 4 aromatic rings. The Balaban J connectivity index is 1.62. The van der Waals surface area contributed by atoms with Crippen molar-refractivity contribution in [2.75, 3.05) is 11.5 Å². The third-order valence-corrected chi connectivity index (χ3v) is 7.81. The number of benzene rings is 4. The van der Waals surface area contributed by atoms with Gasteiger partial charge in [-0.15, -0.1) is 0 Å². The van der Waals surface area contributed by atoms with Crippen LogP contribution in [0.2, 0.25) is 0 Å². The summed E-state index contributed by atoms with van der Waals surface area (Å²) in [5.41, 5.74) is 15.3. The van der Waals surface area contributed by atoms with Gasteiger partial charge >= 0.3 is 0 Å². The minimum atomic E-state index is 0.159. The smallest absolute Gasteiger partial charge is 0.155 e. The zero-order valence-corrected chi connectivity index (χ0v) is 25.0. The fourth-order valence-corrected chi connectivity index (χ4v) is 6.50. The lowest BCUT2D eigenvalue weighted by molar-refractivity contribution is 0.476. The molecule has 35 heavy (non-hydrogen) atoms. The van der Waals surface area contributed by atoms with Crippen LogP contribution in [0.4, 0.5) is 11.4 Å². The van der Waals surface area contributed by atoms with Crippen molar-refractivity contribution >= 4 is 75.1 Å². The second-order valence-corrected chi connectivity index (χ2v) is 11.3. The summed E-state index contributed by atoms with van der Waals surface area (Å²) in [7, 11) is 0. The van der Waals surface area contributed by atoms with Gasteiger partial charge in [0.1, 0.15) is 11.5 Å². The average Bonchev–Trinajstić information content (AvgIpc) is 2.82. The van der Waals surface area contributed by atoms with E-state index in [1.807, 2.05) is 48.5 Å². The molecule has 4 aromatic carbocycles. The van der Waals surface area contributed by atoms with Gasteiger partial charge in [0.15, 0.2) is 11.5 Å². The average molecular weight is 726 g/mol. The number of hydrogen-bond donors (Lipinski definition) is 2. The normalized spacial score (nSPS) is 11.0. The van der Waals surface area contributed by atoms with Crippen molar-refractivity contribution in [3.05, 3.63) is 102 Å². The van der Waals surface area contributed by atoms with Gasteiger partial charge in [-0.05, 0) is 154 Å². The standard InChI is InChI=1S/C27H22Br4N2O2/c1-2-21(15-11-22(28)26(23(29)12-15)34-19-7-3-17(32)4-8-19)16-13-24(30)27(25(31)14-16)35-20-9-5-18(33)6-10-20/h3-14,21H,2,32-33H2,1H3. The molecule has 0 aromatic heterocycles. The summed E-state index contributed by atoms with van der Waals surface area (Å²) in [4.78, 5) is 0. The first-order valence-electron chi connectivity index (χ1n) is 10.8. The fourth-order valence-electron chi connectivity index (χ4n) is 3.73. The largest absolute Gasteiger partial charge is 0.455 e. The number of nitrogens with two attached hydrogens (primary N) is 2. The first-order valence-corrected chi connectivity index (χ1v) is 14.0. The van der Waals surface area contributed by atoms with Crippen LogP contribution in [0, 0.1) is 0 Å². The molecule has 0 spiro atoms. The van der Waals surface area contributed by atoms with Crippen molar-refractivity contribution in [1.82, 2.24) is 0 Å². The molecular weight excluding hydrogens is 704 g/mol. The number of halogens is 4. The Morgan fingerprint density at radius 3 is 1.20 bits per heavy atom. The zero-order chi connectivity index (χ0) is 25.1. The minimum Gasteiger partial charge on any atom is -0.455 e. The number of hydrogen-bond acceptors (Lipinski definition) is 4. The molecule has 4 nitrogen and oxygen atoms in total. The van der Waals surface area contributed by atoms with Crippen LogP contribution < -0.4 is 20.9 Å². The highest BCUT2D eigenvalue weighted by Gasteiger charge is 2.20. The van der Waals surface area contributed by atoms with Crippen LogP contribution in [0.5, 0.6) is 23.0 Å². The predicted molar refractivity (Wildman–Crippen MR) is 158 cm³/mol. The van der Waals surface area contributed by atoms with Gasteiger partial charge in [0.25, 0.3) is 0 Å². The summed E-state index contributed by atoms with van der Waals surface area (Å²) in [6, 6.07) is 23.1. The van der Waals surface area contributed by atoms with E-state index in [9.17, 15) is 0 Å². The molecule has 0 heterocycles. The third-order valence-electron chi connectivity index (χ3n) is 5.45. The first-order chi connectivity index (χ1) is 16.7. The van der Waals surface area contributed by atoms with Crippen molar-refractivity contribution in [2.45, 2.75) is 19.3 Å². The van der Waals surface area contributed by atoms with Crippen molar-refractivity contribution in [3.8, 4) is 23.0 Å². The van der Waals surface area contributed by atoms with E-state index in [1.54, 1.807) is 0 Å². The summed E-state index contributed by atoms with van der Waals surface area (Å²) in [5, 5.41) is 0. The number of ether oxygens (including phenoxy) is 2. The van der Waals surface area contributed by atoms with Crippen LogP contribution in [0.25, 0.3) is 0 Å². The van der Waals surface area contributed by atoms with E-state index in [2.05, 4.69) is 94.9 Å². The molecule has 180 valence electrons. The monoisotopic (exact) mass is 722 g/mol. The van der Waals surface area contributed by atoms with Crippen LogP contribution in [0.1, 0.15) is 30.4 Å². The summed E-state index contributed by atoms with van der Waals surface area (Å²) < 4.78 is 15.6. The lowest BCUT2D eigenvalue weighted by atomic mass is 9.89. The Kier molecular flexibility index (Phi) is 8.47. The zero-order valence-electron chi connectivity index (χ0n) is 18.7. The minimum absolute atomic E-state index is 0.159. The van der Waals surface area contributed by atoms with Gasteiger partial charge in [-0.2, -0.15) is 0 Å². The van der Waals surface area contributed by atoms with E-state index in [4.69, 9.17) is 20.9 Å². The molecular formula is C27H22Br4N2O2. The van der Waals surface area contributed by atoms with Crippen LogP contribution >= 0.6 is 63.7 Å². The molecule has 4 N–H and O–H groups in total. The topological polar surface area (TPSA) is 70.5 Å². The molecule has 0 radical (unpaired) electrons. The molecule has 0 bridgehead atoms. The Bertz CT molecular complexity index is 1190. The molecule has 0 amide bonds. The van der Waals surface area contributed by atoms with E-state index in [-0.39, 0.29) is 5.92 Å². The quantitative estimate of drug-likeness (QED) is 0.186. The lowest BCUT2D eigenvalue weighted by Gasteiger charge is -2.21. The van der Waals surface area contributed by atoms with Crippen LogP contribution in [-0.4, -0.2) is 0 Å². The van der Waals surface area contributed by atoms with Crippen molar-refractivity contribution in [3.63, 3.8) is 0 Å². The molecule has 0 saturated carbocycles. The molecule has 0 aliphatic rings. The Morgan fingerprint density at radius 2 is 0.914 bits per heavy atom. The fraction of sp³-hybridized carbons (Fsp3) is 0.111. The van der Waals surface area contributed by atoms with Gasteiger partial charge in [0.2, 0.25) is 0 Å². The third kappa shape index (κ3) is 6.23. The number of rotatable bonds is 7. The molecule has 0 aliphatic carbocycles. The highest BCUT2D eigenvalue weighted by Crippen LogP contribution is 2.44. The highest BCUT2D eigenvalue weighted by atomic mass is 79.9. The second-order valence-electron chi connectivity index (χ2n) is 7.93. The van der Waals surface area contributed by atoms with E-state index < -0.39 is 0 Å². The Labute approximate surface area is 238 Å². The SMILES string of the molecule is CCC(c1cc(Br)c(Oc2ccc(N)cc2)c(Br)c1)c1cc(Br)c(Oc2ccc(N)cc2)c(Br)c1. The highest BCUT2D eigenvalue weighted by molar-refractivity contribution is 9.11. The first kappa shape index (κ1) is 26.1. The molecule has 0 aliphatic heterocycles. The van der Waals surface area contributed by atoms with E-state index in [1.165, 1.54) is 0 Å². The molecule has 0 atom stereocenters. The summed E-state index contributed by atoms with van der Waals surface area (Å²) in [6.45, 7) is 2.17. The molecule has 4 rings (SSSR count). The summed E-state index contributed by atoms with van der Waals surface area (Å²) >= 11 is 14.8. The van der Waals surface area contributed by atoms with Gasteiger partial charge in [0.05, 0.1) is 17.9 Å². The maximum absolute atomic E-state index is 6.10. The van der Waals surface area contributed by atoms with Crippen molar-refractivity contribution < 1.29 is 9.47 Å². The maximum atomic E-state index is 6.10. The van der Waals surface area contributed by atoms with Crippen LogP contribution in [0.15, 0.2) is 90.7 Å². The van der Waals surface area contributed by atoms with E-state index >= 15 is 0 Å². The van der Waals surface area contributed by atoms with Gasteiger partial charge in [-0.25, -0.2) is 0 Å². The number of nitrogen functional groups attached to an aromatic ring is 2. The van der Waals surface area contributed by atoms with Gasteiger partial charge < -0.3 is 20.9 Å². The van der Waals surface area contributed by atoms with Crippen molar-refractivity contribution in [1.29, 1.82) is 0 Å². The van der Waals surface area contributed by atoms with Crippen molar-refractivity contribution in [2.24, 2.45) is 0 Å². The van der Waals surface area contributed by atoms with Crippen LogP contribution in [-0.2, 0) is 0 Å². The lowest BCUT2D eigenvalue weighted by Crippen LogP contribution is -2.02. The molecule has 0 saturated heterocycles. The summed E-state index contributed by atoms with van der Waals surface area (Å²) in [6.07, 6.45) is 0.911. The van der Waals surface area contributed by atoms with Gasteiger partial charge in [-0.3, -0.25) is 0 Å². The molecule has 8 heteroatoms. The van der Waals surface area contributed by atoms with E-state index in [0.29, 0.717) is 34.4 Å². The maximum Gasteiger partial charge on any atom is 0.155 e. The molecule has 0 unspecified atom stereocenters. The summed E-state index contributed by atoms with van der Waals surface area (Å²) in [5.74, 6) is 3.01. The molecule has 0 fully saturated rings. The predicted octanol–water partition coefficient (Wildman–Crippen LogP) is 10.0. The Morgan fingerprint density at radius 1 is 0.600 bits per heavy atom. The second kappa shape index (κ2) is 11.4. The van der Waals surface area contributed by atoms with E-state index in [0.717, 1.165) is 35.4 Å².